The Morgan fingerprint density at radius 1 is 1.27 bits per heavy atom. The van der Waals surface area contributed by atoms with E-state index in [0.29, 0.717) is 6.04 Å². The highest BCUT2D eigenvalue weighted by Gasteiger charge is 2.34. The lowest BCUT2D eigenvalue weighted by Crippen LogP contribution is -2.43. The summed E-state index contributed by atoms with van der Waals surface area (Å²) in [5, 5.41) is 0. The molecule has 1 unspecified atom stereocenters. The lowest BCUT2D eigenvalue weighted by Gasteiger charge is -2.45. The predicted octanol–water partition coefficient (Wildman–Crippen LogP) is 3.00. The molecule has 3 heteroatoms. The molecule has 3 aliphatic rings. The van der Waals surface area contributed by atoms with Crippen molar-refractivity contribution in [2.75, 3.05) is 13.1 Å². The molecule has 0 radical (unpaired) electrons. The van der Waals surface area contributed by atoms with Gasteiger partial charge in [-0.05, 0) is 65.8 Å². The standard InChI is InChI=1S/C12H15BrN2/c13-11-6-10(7-14-8-11)12-5-9-1-3-15(12)4-2-9/h6-9,12H,1-5H2. The average molecular weight is 267 g/mol. The number of fused-ring (bicyclic) bond motifs is 3. The van der Waals surface area contributed by atoms with Gasteiger partial charge >= 0.3 is 0 Å². The van der Waals surface area contributed by atoms with Gasteiger partial charge in [0.2, 0.25) is 0 Å². The Kier molecular flexibility index (Phi) is 2.53. The number of piperidine rings is 3. The zero-order chi connectivity index (χ0) is 10.3. The molecule has 80 valence electrons. The minimum Gasteiger partial charge on any atom is -0.296 e. The molecule has 0 aromatic carbocycles. The Morgan fingerprint density at radius 2 is 2.07 bits per heavy atom. The first-order valence-corrected chi connectivity index (χ1v) is 6.47. The van der Waals surface area contributed by atoms with Crippen molar-refractivity contribution in [1.29, 1.82) is 0 Å². The van der Waals surface area contributed by atoms with Crippen molar-refractivity contribution in [3.63, 3.8) is 0 Å². The van der Waals surface area contributed by atoms with Crippen molar-refractivity contribution in [2.24, 2.45) is 5.92 Å². The predicted molar refractivity (Wildman–Crippen MR) is 63.6 cm³/mol. The van der Waals surface area contributed by atoms with Crippen molar-refractivity contribution >= 4 is 15.9 Å². The highest BCUT2D eigenvalue weighted by molar-refractivity contribution is 9.10. The van der Waals surface area contributed by atoms with E-state index in [1.165, 1.54) is 37.9 Å². The molecule has 0 amide bonds. The Balaban J connectivity index is 1.88. The Bertz CT molecular complexity index is 358. The first kappa shape index (κ1) is 9.79. The average Bonchev–Trinajstić information content (AvgIpc) is 2.30. The van der Waals surface area contributed by atoms with E-state index in [9.17, 15) is 0 Å². The van der Waals surface area contributed by atoms with Crippen LogP contribution in [0.3, 0.4) is 0 Å². The van der Waals surface area contributed by atoms with Gasteiger partial charge in [0.25, 0.3) is 0 Å². The second-order valence-corrected chi connectivity index (χ2v) is 5.58. The normalized spacial score (nSPS) is 34.3. The number of hydrogen-bond donors (Lipinski definition) is 0. The Hall–Kier alpha value is -0.410. The quantitative estimate of drug-likeness (QED) is 0.777. The van der Waals surface area contributed by atoms with E-state index in [2.05, 4.69) is 31.9 Å². The van der Waals surface area contributed by atoms with Crippen LogP contribution < -0.4 is 0 Å². The topological polar surface area (TPSA) is 16.1 Å². The van der Waals surface area contributed by atoms with Gasteiger partial charge in [0.05, 0.1) is 0 Å². The van der Waals surface area contributed by atoms with Crippen LogP contribution >= 0.6 is 15.9 Å². The van der Waals surface area contributed by atoms with Crippen LogP contribution in [-0.4, -0.2) is 23.0 Å². The van der Waals surface area contributed by atoms with Crippen molar-refractivity contribution in [3.05, 3.63) is 28.5 Å². The zero-order valence-corrected chi connectivity index (χ0v) is 10.3. The van der Waals surface area contributed by atoms with Crippen LogP contribution in [0, 0.1) is 5.92 Å². The summed E-state index contributed by atoms with van der Waals surface area (Å²) in [7, 11) is 0. The fourth-order valence-corrected chi connectivity index (χ4v) is 3.31. The number of hydrogen-bond acceptors (Lipinski definition) is 2. The van der Waals surface area contributed by atoms with E-state index < -0.39 is 0 Å². The third kappa shape index (κ3) is 1.83. The first-order chi connectivity index (χ1) is 7.33. The number of halogens is 1. The van der Waals surface area contributed by atoms with Gasteiger partial charge in [0, 0.05) is 22.9 Å². The highest BCUT2D eigenvalue weighted by atomic mass is 79.9. The lowest BCUT2D eigenvalue weighted by atomic mass is 9.81. The minimum atomic E-state index is 0.627. The van der Waals surface area contributed by atoms with Crippen LogP contribution in [-0.2, 0) is 0 Å². The molecule has 0 aliphatic carbocycles. The largest absolute Gasteiger partial charge is 0.296 e. The van der Waals surface area contributed by atoms with Crippen LogP contribution in [0.25, 0.3) is 0 Å². The number of pyridine rings is 1. The van der Waals surface area contributed by atoms with Gasteiger partial charge in [-0.2, -0.15) is 0 Å². The molecule has 4 rings (SSSR count). The summed E-state index contributed by atoms with van der Waals surface area (Å²) in [6.45, 7) is 2.56. The maximum Gasteiger partial charge on any atom is 0.0410 e. The Labute approximate surface area is 98.8 Å². The molecule has 3 saturated heterocycles. The van der Waals surface area contributed by atoms with Crippen LogP contribution in [0.5, 0.6) is 0 Å². The molecule has 3 fully saturated rings. The van der Waals surface area contributed by atoms with E-state index >= 15 is 0 Å². The summed E-state index contributed by atoms with van der Waals surface area (Å²) in [5.41, 5.74) is 1.38. The summed E-state index contributed by atoms with van der Waals surface area (Å²) < 4.78 is 1.10. The molecule has 1 aromatic rings. The summed E-state index contributed by atoms with van der Waals surface area (Å²) in [6, 6.07) is 2.85. The first-order valence-electron chi connectivity index (χ1n) is 5.67. The van der Waals surface area contributed by atoms with E-state index in [1.807, 2.05) is 12.4 Å². The summed E-state index contributed by atoms with van der Waals surface area (Å²) in [5.74, 6) is 0.957. The fraction of sp³-hybridized carbons (Fsp3) is 0.583. The second kappa shape index (κ2) is 3.87. The van der Waals surface area contributed by atoms with Crippen molar-refractivity contribution < 1.29 is 0 Å². The minimum absolute atomic E-state index is 0.627. The number of rotatable bonds is 1. The van der Waals surface area contributed by atoms with Crippen LogP contribution in [0.4, 0.5) is 0 Å². The van der Waals surface area contributed by atoms with Crippen molar-refractivity contribution in [1.82, 2.24) is 9.88 Å². The maximum absolute atomic E-state index is 4.27. The number of nitrogens with zero attached hydrogens (tertiary/aromatic N) is 2. The molecular formula is C12H15BrN2. The van der Waals surface area contributed by atoms with E-state index in [0.717, 1.165) is 10.4 Å². The molecule has 2 nitrogen and oxygen atoms in total. The zero-order valence-electron chi connectivity index (χ0n) is 8.69. The fourth-order valence-electron chi connectivity index (χ4n) is 2.92. The van der Waals surface area contributed by atoms with Crippen LogP contribution in [0.2, 0.25) is 0 Å². The molecule has 4 heterocycles. The third-order valence-corrected chi connectivity index (χ3v) is 4.19. The molecule has 3 aliphatic heterocycles. The molecule has 1 aromatic heterocycles. The molecule has 15 heavy (non-hydrogen) atoms. The number of aromatic nitrogens is 1. The highest BCUT2D eigenvalue weighted by Crippen LogP contribution is 2.40. The van der Waals surface area contributed by atoms with Gasteiger partial charge < -0.3 is 0 Å². The second-order valence-electron chi connectivity index (χ2n) is 4.67. The van der Waals surface area contributed by atoms with Crippen molar-refractivity contribution in [3.8, 4) is 0 Å². The summed E-state index contributed by atoms with van der Waals surface area (Å²) in [6.07, 6.45) is 8.02. The smallest absolute Gasteiger partial charge is 0.0410 e. The van der Waals surface area contributed by atoms with Crippen LogP contribution in [0.15, 0.2) is 22.9 Å². The lowest BCUT2D eigenvalue weighted by molar-refractivity contribution is 0.0488. The van der Waals surface area contributed by atoms with E-state index in [4.69, 9.17) is 0 Å². The van der Waals surface area contributed by atoms with Gasteiger partial charge in [-0.15, -0.1) is 0 Å². The Morgan fingerprint density at radius 3 is 2.67 bits per heavy atom. The molecule has 2 bridgehead atoms. The van der Waals surface area contributed by atoms with Gasteiger partial charge in [-0.3, -0.25) is 9.88 Å². The molecule has 1 atom stereocenters. The monoisotopic (exact) mass is 266 g/mol. The summed E-state index contributed by atoms with van der Waals surface area (Å²) >= 11 is 3.50. The van der Waals surface area contributed by atoms with Gasteiger partial charge in [-0.1, -0.05) is 0 Å². The van der Waals surface area contributed by atoms with Crippen molar-refractivity contribution in [2.45, 2.75) is 25.3 Å². The van der Waals surface area contributed by atoms with Gasteiger partial charge in [0.15, 0.2) is 0 Å². The van der Waals surface area contributed by atoms with Gasteiger partial charge in [-0.25, -0.2) is 0 Å². The SMILES string of the molecule is Brc1cncc(C2CC3CCN2CC3)c1. The molecule has 0 saturated carbocycles. The molecule has 0 spiro atoms. The third-order valence-electron chi connectivity index (χ3n) is 3.76. The van der Waals surface area contributed by atoms with Crippen LogP contribution in [0.1, 0.15) is 30.9 Å². The van der Waals surface area contributed by atoms with E-state index in [-0.39, 0.29) is 0 Å². The van der Waals surface area contributed by atoms with Gasteiger partial charge in [0.1, 0.15) is 0 Å². The summed E-state index contributed by atoms with van der Waals surface area (Å²) in [4.78, 5) is 6.88. The van der Waals surface area contributed by atoms with E-state index in [1.54, 1.807) is 0 Å². The maximum atomic E-state index is 4.27. The molecule has 0 N–H and O–H groups in total. The molecular weight excluding hydrogens is 252 g/mol.